The summed E-state index contributed by atoms with van der Waals surface area (Å²) in [6.45, 7) is 2.47. The number of fused-ring (bicyclic) bond motifs is 1. The van der Waals surface area contributed by atoms with Gasteiger partial charge in [0.2, 0.25) is 5.91 Å². The molecule has 1 aliphatic rings. The number of nitrogens with zero attached hydrogens (tertiary/aromatic N) is 4. The molecular formula is C24H22N4O3S. The van der Waals surface area contributed by atoms with Gasteiger partial charge in [0, 0.05) is 17.7 Å². The van der Waals surface area contributed by atoms with Gasteiger partial charge in [0.05, 0.1) is 22.9 Å². The van der Waals surface area contributed by atoms with Gasteiger partial charge in [-0.25, -0.2) is 0 Å². The molecule has 7 nitrogen and oxygen atoms in total. The summed E-state index contributed by atoms with van der Waals surface area (Å²) >= 11 is 1.42. The molecule has 0 bridgehead atoms. The Morgan fingerprint density at radius 3 is 2.72 bits per heavy atom. The van der Waals surface area contributed by atoms with Crippen LogP contribution >= 0.6 is 11.8 Å². The van der Waals surface area contributed by atoms with Crippen molar-refractivity contribution in [2.24, 2.45) is 10.2 Å². The molecule has 0 unspecified atom stereocenters. The van der Waals surface area contributed by atoms with Gasteiger partial charge in [0.15, 0.2) is 5.17 Å². The van der Waals surface area contributed by atoms with Gasteiger partial charge in [-0.2, -0.15) is 5.10 Å². The highest BCUT2D eigenvalue weighted by atomic mass is 32.2. The van der Waals surface area contributed by atoms with Crippen molar-refractivity contribution in [3.05, 3.63) is 88.0 Å². The maximum atomic E-state index is 13.1. The lowest BCUT2D eigenvalue weighted by molar-refractivity contribution is -0.384. The van der Waals surface area contributed by atoms with Crippen LogP contribution in [-0.2, 0) is 11.3 Å². The highest BCUT2D eigenvalue weighted by Gasteiger charge is 2.37. The number of nitro benzene ring substituents is 1. The Bertz CT molecular complexity index is 1220. The maximum absolute atomic E-state index is 13.1. The fraction of sp³-hybridized carbons (Fsp3) is 0.208. The van der Waals surface area contributed by atoms with Crippen molar-refractivity contribution in [2.45, 2.75) is 31.6 Å². The molecule has 1 saturated heterocycles. The summed E-state index contributed by atoms with van der Waals surface area (Å²) in [5.41, 5.74) is 1.61. The Balaban J connectivity index is 1.62. The second-order valence-electron chi connectivity index (χ2n) is 7.44. The zero-order chi connectivity index (χ0) is 22.5. The molecule has 1 heterocycles. The number of thioether (sulfide) groups is 1. The zero-order valence-corrected chi connectivity index (χ0v) is 18.4. The number of hydrogen-bond donors (Lipinski definition) is 0. The average Bonchev–Trinajstić information content (AvgIpc) is 3.09. The lowest BCUT2D eigenvalue weighted by Gasteiger charge is -2.17. The first kappa shape index (κ1) is 21.7. The molecule has 162 valence electrons. The highest BCUT2D eigenvalue weighted by Crippen LogP contribution is 2.32. The molecule has 0 aromatic heterocycles. The SMILES string of the molecule is CCC[C@@H]1S/C(=N/N=C\c2cccc([N+](=O)[O-])c2)N(Cc2cccc3ccccc23)C1=O. The summed E-state index contributed by atoms with van der Waals surface area (Å²) in [7, 11) is 0. The first-order chi connectivity index (χ1) is 15.6. The van der Waals surface area contributed by atoms with Gasteiger partial charge in [-0.3, -0.25) is 19.8 Å². The third-order valence-corrected chi connectivity index (χ3v) is 6.45. The van der Waals surface area contributed by atoms with E-state index in [0.29, 0.717) is 17.3 Å². The molecule has 0 radical (unpaired) electrons. The summed E-state index contributed by atoms with van der Waals surface area (Å²) < 4.78 is 0. The van der Waals surface area contributed by atoms with Gasteiger partial charge >= 0.3 is 0 Å². The van der Waals surface area contributed by atoms with E-state index in [9.17, 15) is 14.9 Å². The first-order valence-electron chi connectivity index (χ1n) is 10.4. The van der Waals surface area contributed by atoms with Crippen molar-refractivity contribution >= 4 is 45.5 Å². The second-order valence-corrected chi connectivity index (χ2v) is 8.61. The van der Waals surface area contributed by atoms with Crippen LogP contribution in [0.5, 0.6) is 0 Å². The number of carbonyl (C=O) groups excluding carboxylic acids is 1. The van der Waals surface area contributed by atoms with Gasteiger partial charge in [0.1, 0.15) is 0 Å². The largest absolute Gasteiger partial charge is 0.284 e. The molecule has 0 aliphatic carbocycles. The maximum Gasteiger partial charge on any atom is 0.270 e. The van der Waals surface area contributed by atoms with Crippen molar-refractivity contribution < 1.29 is 9.72 Å². The van der Waals surface area contributed by atoms with Crippen LogP contribution in [0.3, 0.4) is 0 Å². The minimum atomic E-state index is -0.448. The van der Waals surface area contributed by atoms with Crippen molar-refractivity contribution in [1.82, 2.24) is 4.90 Å². The van der Waals surface area contributed by atoms with Crippen molar-refractivity contribution in [3.63, 3.8) is 0 Å². The summed E-state index contributed by atoms with van der Waals surface area (Å²) in [5.74, 6) is 0.0362. The third kappa shape index (κ3) is 4.70. The molecular weight excluding hydrogens is 424 g/mol. The molecule has 1 fully saturated rings. The van der Waals surface area contributed by atoms with Crippen molar-refractivity contribution in [1.29, 1.82) is 0 Å². The topological polar surface area (TPSA) is 88.2 Å². The molecule has 8 heteroatoms. The summed E-state index contributed by atoms with van der Waals surface area (Å²) in [5, 5.41) is 22.0. The fourth-order valence-corrected chi connectivity index (χ4v) is 4.85. The van der Waals surface area contributed by atoms with E-state index in [4.69, 9.17) is 0 Å². The Hall–Kier alpha value is -3.52. The normalized spacial score (nSPS) is 17.7. The summed E-state index contributed by atoms with van der Waals surface area (Å²) in [6, 6.07) is 20.3. The van der Waals surface area contributed by atoms with Gasteiger partial charge in [-0.05, 0) is 22.8 Å². The summed E-state index contributed by atoms with van der Waals surface area (Å²) in [6.07, 6.45) is 3.13. The van der Waals surface area contributed by atoms with Crippen LogP contribution < -0.4 is 0 Å². The van der Waals surface area contributed by atoms with E-state index in [1.54, 1.807) is 17.0 Å². The number of rotatable bonds is 7. The number of hydrogen-bond acceptors (Lipinski definition) is 6. The number of carbonyl (C=O) groups is 1. The lowest BCUT2D eigenvalue weighted by Crippen LogP contribution is -2.31. The zero-order valence-electron chi connectivity index (χ0n) is 17.5. The van der Waals surface area contributed by atoms with Gasteiger partial charge in [-0.1, -0.05) is 79.7 Å². The Morgan fingerprint density at radius 1 is 1.12 bits per heavy atom. The van der Waals surface area contributed by atoms with Crippen LogP contribution in [0.25, 0.3) is 10.8 Å². The van der Waals surface area contributed by atoms with Crippen LogP contribution in [0.15, 0.2) is 76.9 Å². The molecule has 0 saturated carbocycles. The van der Waals surface area contributed by atoms with Gasteiger partial charge in [0.25, 0.3) is 5.69 Å². The van der Waals surface area contributed by atoms with E-state index in [1.807, 2.05) is 24.3 Å². The quantitative estimate of drug-likeness (QED) is 0.277. The highest BCUT2D eigenvalue weighted by molar-refractivity contribution is 8.15. The molecule has 4 rings (SSSR count). The van der Waals surface area contributed by atoms with E-state index in [2.05, 4.69) is 35.3 Å². The fourth-order valence-electron chi connectivity index (χ4n) is 3.64. The van der Waals surface area contributed by atoms with Crippen LogP contribution in [0.1, 0.15) is 30.9 Å². The number of amidine groups is 1. The molecule has 0 N–H and O–H groups in total. The van der Waals surface area contributed by atoms with Crippen molar-refractivity contribution in [3.8, 4) is 0 Å². The molecule has 1 atom stereocenters. The molecule has 32 heavy (non-hydrogen) atoms. The predicted octanol–water partition coefficient (Wildman–Crippen LogP) is 5.38. The lowest BCUT2D eigenvalue weighted by atomic mass is 10.0. The number of benzene rings is 3. The molecule has 3 aromatic rings. The van der Waals surface area contributed by atoms with Crippen molar-refractivity contribution in [2.75, 3.05) is 0 Å². The van der Waals surface area contributed by atoms with Crippen LogP contribution in [-0.4, -0.2) is 32.4 Å². The van der Waals surface area contributed by atoms with Gasteiger partial charge < -0.3 is 0 Å². The van der Waals surface area contributed by atoms with Crippen LogP contribution in [0.2, 0.25) is 0 Å². The molecule has 3 aromatic carbocycles. The molecule has 1 aliphatic heterocycles. The number of amides is 1. The minimum Gasteiger partial charge on any atom is -0.284 e. The smallest absolute Gasteiger partial charge is 0.270 e. The predicted molar refractivity (Wildman–Crippen MR) is 129 cm³/mol. The molecule has 0 spiro atoms. The average molecular weight is 447 g/mol. The Labute approximate surface area is 190 Å². The Morgan fingerprint density at radius 2 is 1.91 bits per heavy atom. The van der Waals surface area contributed by atoms with Gasteiger partial charge in [-0.15, -0.1) is 5.10 Å². The van der Waals surface area contributed by atoms with E-state index >= 15 is 0 Å². The van der Waals surface area contributed by atoms with E-state index in [1.165, 1.54) is 30.1 Å². The summed E-state index contributed by atoms with van der Waals surface area (Å²) in [4.78, 5) is 25.3. The van der Waals surface area contributed by atoms with E-state index in [-0.39, 0.29) is 16.8 Å². The number of nitro groups is 1. The first-order valence-corrected chi connectivity index (χ1v) is 11.2. The standard InChI is InChI=1S/C24H22N4O3S/c1-2-7-22-23(29)27(16-19-11-6-10-18-9-3-4-13-21(18)19)24(32-22)26-25-15-17-8-5-12-20(14-17)28(30)31/h3-6,8-15,22H,2,7,16H2,1H3/b25-15-,26-24+/t22-/m0/s1. The van der Waals surface area contributed by atoms with E-state index in [0.717, 1.165) is 29.2 Å². The Kier molecular flexibility index (Phi) is 6.61. The van der Waals surface area contributed by atoms with Crippen LogP contribution in [0.4, 0.5) is 5.69 Å². The monoisotopic (exact) mass is 446 g/mol. The number of non-ortho nitro benzene ring substituents is 1. The van der Waals surface area contributed by atoms with E-state index < -0.39 is 4.92 Å². The molecule has 1 amide bonds. The minimum absolute atomic E-state index is 0.00684. The second kappa shape index (κ2) is 9.74. The van der Waals surface area contributed by atoms with Crippen LogP contribution in [0, 0.1) is 10.1 Å². The third-order valence-electron chi connectivity index (χ3n) is 5.21.